The number of hydrogen-bond acceptors (Lipinski definition) is 2. The zero-order valence-corrected chi connectivity index (χ0v) is 9.36. The van der Waals surface area contributed by atoms with Crippen molar-refractivity contribution in [3.05, 3.63) is 34.9 Å². The van der Waals surface area contributed by atoms with Gasteiger partial charge in [-0.1, -0.05) is 30.7 Å². The Morgan fingerprint density at radius 1 is 1.19 bits per heavy atom. The van der Waals surface area contributed by atoms with Gasteiger partial charge in [-0.15, -0.1) is 0 Å². The van der Waals surface area contributed by atoms with Crippen molar-refractivity contribution in [3.8, 4) is 0 Å². The van der Waals surface area contributed by atoms with Gasteiger partial charge in [0.05, 0.1) is 0 Å². The number of aliphatic carboxylic acids is 2. The van der Waals surface area contributed by atoms with Crippen molar-refractivity contribution >= 4 is 23.5 Å². The van der Waals surface area contributed by atoms with Crippen molar-refractivity contribution in [1.82, 2.24) is 0 Å². The highest BCUT2D eigenvalue weighted by molar-refractivity contribution is 6.30. The van der Waals surface area contributed by atoms with Gasteiger partial charge in [-0.05, 0) is 24.1 Å². The summed E-state index contributed by atoms with van der Waals surface area (Å²) in [6.45, 7) is 1.52. The van der Waals surface area contributed by atoms with Gasteiger partial charge >= 0.3 is 11.9 Å². The average Bonchev–Trinajstić information content (AvgIpc) is 2.21. The van der Waals surface area contributed by atoms with Crippen LogP contribution in [0, 0.1) is 0 Å². The standard InChI is InChI=1S/C11H11ClO4/c1-2-11(9(13)14,10(15)16)7-3-5-8(12)6-4-7/h3-6H,2H2,1H3,(H,13,14)(H,15,16). The molecule has 0 amide bonds. The highest BCUT2D eigenvalue weighted by atomic mass is 35.5. The van der Waals surface area contributed by atoms with Crippen LogP contribution in [0.1, 0.15) is 18.9 Å². The van der Waals surface area contributed by atoms with Crippen molar-refractivity contribution in [2.75, 3.05) is 0 Å². The lowest BCUT2D eigenvalue weighted by Gasteiger charge is -2.23. The SMILES string of the molecule is CCC(C(=O)O)(C(=O)O)c1ccc(Cl)cc1. The summed E-state index contributed by atoms with van der Waals surface area (Å²) in [6, 6.07) is 5.81. The Morgan fingerprint density at radius 2 is 1.62 bits per heavy atom. The lowest BCUT2D eigenvalue weighted by Crippen LogP contribution is -2.43. The summed E-state index contributed by atoms with van der Waals surface area (Å²) < 4.78 is 0. The van der Waals surface area contributed by atoms with Crippen LogP contribution in [-0.2, 0) is 15.0 Å². The number of carboxylic acid groups (broad SMARTS) is 2. The molecule has 0 atom stereocenters. The molecular weight excluding hydrogens is 232 g/mol. The Labute approximate surface area is 97.5 Å². The molecule has 86 valence electrons. The summed E-state index contributed by atoms with van der Waals surface area (Å²) >= 11 is 5.67. The van der Waals surface area contributed by atoms with Gasteiger partial charge < -0.3 is 10.2 Å². The monoisotopic (exact) mass is 242 g/mol. The van der Waals surface area contributed by atoms with Gasteiger partial charge in [0.15, 0.2) is 5.41 Å². The second-order valence-corrected chi connectivity index (χ2v) is 3.81. The van der Waals surface area contributed by atoms with E-state index in [0.29, 0.717) is 5.02 Å². The van der Waals surface area contributed by atoms with Gasteiger partial charge in [-0.3, -0.25) is 9.59 Å². The lowest BCUT2D eigenvalue weighted by molar-refractivity contribution is -0.157. The lowest BCUT2D eigenvalue weighted by atomic mass is 9.78. The van der Waals surface area contributed by atoms with Crippen molar-refractivity contribution in [1.29, 1.82) is 0 Å². The van der Waals surface area contributed by atoms with Crippen molar-refractivity contribution in [3.63, 3.8) is 0 Å². The molecule has 1 aromatic carbocycles. The van der Waals surface area contributed by atoms with E-state index in [-0.39, 0.29) is 12.0 Å². The van der Waals surface area contributed by atoms with Gasteiger partial charge in [0.25, 0.3) is 0 Å². The van der Waals surface area contributed by atoms with E-state index in [1.165, 1.54) is 31.2 Å². The van der Waals surface area contributed by atoms with Crippen LogP contribution in [0.2, 0.25) is 5.02 Å². The molecule has 1 aromatic rings. The largest absolute Gasteiger partial charge is 0.480 e. The fourth-order valence-electron chi connectivity index (χ4n) is 1.58. The first-order chi connectivity index (χ1) is 7.45. The number of halogens is 1. The predicted molar refractivity (Wildman–Crippen MR) is 58.7 cm³/mol. The molecule has 0 radical (unpaired) electrons. The first kappa shape index (κ1) is 12.5. The predicted octanol–water partition coefficient (Wildman–Crippen LogP) is 2.16. The zero-order valence-electron chi connectivity index (χ0n) is 8.61. The van der Waals surface area contributed by atoms with Crippen LogP contribution in [0.5, 0.6) is 0 Å². The maximum Gasteiger partial charge on any atom is 0.325 e. The maximum atomic E-state index is 11.2. The number of rotatable bonds is 4. The summed E-state index contributed by atoms with van der Waals surface area (Å²) in [7, 11) is 0. The van der Waals surface area contributed by atoms with Crippen molar-refractivity contribution in [2.24, 2.45) is 0 Å². The topological polar surface area (TPSA) is 74.6 Å². The third-order valence-corrected chi connectivity index (χ3v) is 2.85. The highest BCUT2D eigenvalue weighted by Gasteiger charge is 2.46. The molecule has 0 unspecified atom stereocenters. The summed E-state index contributed by atoms with van der Waals surface area (Å²) in [5.74, 6) is -2.74. The molecule has 5 heteroatoms. The maximum absolute atomic E-state index is 11.2. The molecule has 0 aromatic heterocycles. The van der Waals surface area contributed by atoms with Crippen LogP contribution in [0.15, 0.2) is 24.3 Å². The molecule has 0 heterocycles. The molecule has 0 fully saturated rings. The summed E-state index contributed by atoms with van der Waals surface area (Å²) in [6.07, 6.45) is -0.0285. The quantitative estimate of drug-likeness (QED) is 0.794. The molecule has 4 nitrogen and oxygen atoms in total. The van der Waals surface area contributed by atoms with Gasteiger partial charge in [0.1, 0.15) is 0 Å². The van der Waals surface area contributed by atoms with Gasteiger partial charge in [0, 0.05) is 5.02 Å². The summed E-state index contributed by atoms with van der Waals surface area (Å²) in [4.78, 5) is 22.3. The van der Waals surface area contributed by atoms with E-state index in [1.54, 1.807) is 0 Å². The smallest absolute Gasteiger partial charge is 0.325 e. The fourth-order valence-corrected chi connectivity index (χ4v) is 1.71. The van der Waals surface area contributed by atoms with Crippen LogP contribution in [-0.4, -0.2) is 22.2 Å². The van der Waals surface area contributed by atoms with E-state index < -0.39 is 17.4 Å². The fraction of sp³-hybridized carbons (Fsp3) is 0.273. The van der Waals surface area contributed by atoms with E-state index in [1.807, 2.05) is 0 Å². The average molecular weight is 243 g/mol. The molecule has 0 aliphatic carbocycles. The van der Waals surface area contributed by atoms with E-state index >= 15 is 0 Å². The summed E-state index contributed by atoms with van der Waals surface area (Å²) in [5.41, 5.74) is -1.68. The molecule has 0 saturated carbocycles. The van der Waals surface area contributed by atoms with Gasteiger partial charge in [0.2, 0.25) is 0 Å². The first-order valence-electron chi connectivity index (χ1n) is 4.68. The van der Waals surface area contributed by atoms with E-state index in [2.05, 4.69) is 0 Å². The molecule has 0 aliphatic heterocycles. The van der Waals surface area contributed by atoms with Crippen LogP contribution in [0.4, 0.5) is 0 Å². The minimum Gasteiger partial charge on any atom is -0.480 e. The second-order valence-electron chi connectivity index (χ2n) is 3.38. The Morgan fingerprint density at radius 3 is 1.94 bits per heavy atom. The Hall–Kier alpha value is -1.55. The second kappa shape index (κ2) is 4.53. The van der Waals surface area contributed by atoms with Gasteiger partial charge in [-0.2, -0.15) is 0 Å². The third-order valence-electron chi connectivity index (χ3n) is 2.60. The summed E-state index contributed by atoms with van der Waals surface area (Å²) in [5, 5.41) is 18.6. The number of benzene rings is 1. The van der Waals surface area contributed by atoms with Crippen LogP contribution in [0.25, 0.3) is 0 Å². The third kappa shape index (κ3) is 1.88. The van der Waals surface area contributed by atoms with Crippen LogP contribution in [0.3, 0.4) is 0 Å². The molecule has 1 rings (SSSR count). The molecular formula is C11H11ClO4. The highest BCUT2D eigenvalue weighted by Crippen LogP contribution is 2.29. The molecule has 0 spiro atoms. The zero-order chi connectivity index (χ0) is 12.3. The number of carboxylic acids is 2. The molecule has 0 aliphatic rings. The Balaban J connectivity index is 3.36. The number of hydrogen-bond donors (Lipinski definition) is 2. The molecule has 0 bridgehead atoms. The molecule has 16 heavy (non-hydrogen) atoms. The minimum absolute atomic E-state index is 0.0285. The van der Waals surface area contributed by atoms with E-state index in [9.17, 15) is 9.59 Å². The normalized spacial score (nSPS) is 11.1. The Kier molecular flexibility index (Phi) is 3.55. The van der Waals surface area contributed by atoms with E-state index in [4.69, 9.17) is 21.8 Å². The van der Waals surface area contributed by atoms with Gasteiger partial charge in [-0.25, -0.2) is 0 Å². The Bertz CT molecular complexity index is 396. The van der Waals surface area contributed by atoms with Crippen molar-refractivity contribution in [2.45, 2.75) is 18.8 Å². The number of carbonyl (C=O) groups is 2. The molecule has 0 saturated heterocycles. The van der Waals surface area contributed by atoms with Crippen LogP contribution >= 0.6 is 11.6 Å². The minimum atomic E-state index is -1.90. The van der Waals surface area contributed by atoms with Crippen LogP contribution < -0.4 is 0 Å². The first-order valence-corrected chi connectivity index (χ1v) is 5.05. The van der Waals surface area contributed by atoms with Crippen molar-refractivity contribution < 1.29 is 19.8 Å². The molecule has 2 N–H and O–H groups in total. The van der Waals surface area contributed by atoms with E-state index in [0.717, 1.165) is 0 Å².